The van der Waals surface area contributed by atoms with Crippen molar-refractivity contribution in [3.8, 4) is 34.4 Å². The van der Waals surface area contributed by atoms with E-state index in [1.165, 1.54) is 5.69 Å². The lowest BCUT2D eigenvalue weighted by molar-refractivity contribution is 0.401. The Balaban J connectivity index is 1.20. The van der Waals surface area contributed by atoms with Crippen molar-refractivity contribution in [2.24, 2.45) is 11.3 Å². The molecule has 2 aliphatic heterocycles. The fraction of sp³-hybridized carbons (Fsp3) is 0.379. The van der Waals surface area contributed by atoms with E-state index in [1.54, 1.807) is 0 Å². The average molecular weight is 474 g/mol. The van der Waals surface area contributed by atoms with Gasteiger partial charge in [0, 0.05) is 35.6 Å². The Morgan fingerprint density at radius 1 is 0.917 bits per heavy atom. The second kappa shape index (κ2) is 7.96. The van der Waals surface area contributed by atoms with Crippen LogP contribution < -0.4 is 4.90 Å². The molecule has 7 nitrogen and oxygen atoms in total. The van der Waals surface area contributed by atoms with Gasteiger partial charge in [-0.05, 0) is 61.8 Å². The molecular weight excluding hydrogens is 446 g/mol. The summed E-state index contributed by atoms with van der Waals surface area (Å²) in [4.78, 5) is 2.57. The summed E-state index contributed by atoms with van der Waals surface area (Å²) in [5, 5.41) is 28.1. The average Bonchev–Trinajstić information content (AvgIpc) is 3.20. The monoisotopic (exact) mass is 473 g/mol. The number of hydrogen-bond donors (Lipinski definition) is 0. The van der Waals surface area contributed by atoms with Gasteiger partial charge in [0.25, 0.3) is 0 Å². The Labute approximate surface area is 210 Å². The second-order valence-electron chi connectivity index (χ2n) is 10.7. The summed E-state index contributed by atoms with van der Waals surface area (Å²) in [6, 6.07) is 18.7. The molecule has 0 spiro atoms. The van der Waals surface area contributed by atoms with Crippen molar-refractivity contribution < 1.29 is 0 Å². The topological polar surface area (TPSA) is 85.9 Å². The Morgan fingerprint density at radius 2 is 1.67 bits per heavy atom. The van der Waals surface area contributed by atoms with E-state index in [9.17, 15) is 10.5 Å². The molecule has 7 heteroatoms. The zero-order chi connectivity index (χ0) is 24.3. The molecule has 2 bridgehead atoms. The van der Waals surface area contributed by atoms with Crippen LogP contribution in [0.1, 0.15) is 38.5 Å². The van der Waals surface area contributed by atoms with Crippen molar-refractivity contribution in [1.29, 1.82) is 10.5 Å². The zero-order valence-corrected chi connectivity index (χ0v) is 20.1. The van der Waals surface area contributed by atoms with Crippen LogP contribution in [0.5, 0.6) is 0 Å². The lowest BCUT2D eigenvalue weighted by Gasteiger charge is -2.39. The summed E-state index contributed by atoms with van der Waals surface area (Å²) in [5.41, 5.74) is 6.58. The molecule has 1 saturated carbocycles. The lowest BCUT2D eigenvalue weighted by Crippen LogP contribution is -2.43. The van der Waals surface area contributed by atoms with Gasteiger partial charge in [0.1, 0.15) is 0 Å². The third kappa shape index (κ3) is 3.38. The van der Waals surface area contributed by atoms with Crippen molar-refractivity contribution >= 4 is 11.2 Å². The van der Waals surface area contributed by atoms with Crippen LogP contribution in [0.25, 0.3) is 27.8 Å². The first kappa shape index (κ1) is 21.2. The minimum atomic E-state index is -0.211. The van der Waals surface area contributed by atoms with Crippen LogP contribution >= 0.6 is 0 Å². The van der Waals surface area contributed by atoms with E-state index in [1.807, 2.05) is 34.0 Å². The predicted octanol–water partition coefficient (Wildman–Crippen LogP) is 5.44. The summed E-state index contributed by atoms with van der Waals surface area (Å²) in [6.45, 7) is 0.667. The van der Waals surface area contributed by atoms with Gasteiger partial charge < -0.3 is 4.90 Å². The minimum absolute atomic E-state index is 0.175. The van der Waals surface area contributed by atoms with Crippen LogP contribution in [0.3, 0.4) is 0 Å². The van der Waals surface area contributed by atoms with Crippen LogP contribution in [0, 0.1) is 34.0 Å². The van der Waals surface area contributed by atoms with Crippen LogP contribution in [-0.2, 0) is 6.54 Å². The quantitative estimate of drug-likeness (QED) is 0.385. The Hall–Kier alpha value is -4.10. The molecule has 1 aromatic carbocycles. The standard InChI is InChI=1S/C29H27N7/c30-14-20-12-24-7-8-25(13-20)36(24)27-2-1-11-35-28(27)26(16-33-35)22-5-3-21(4-6-22)23-15-32-34(17-23)19-29(18-31)9-10-29/h1-6,11,15-17,20,24-25H,7-10,12-13,19H2. The molecule has 0 amide bonds. The highest BCUT2D eigenvalue weighted by Gasteiger charge is 2.44. The maximum atomic E-state index is 9.51. The van der Waals surface area contributed by atoms with Gasteiger partial charge in [-0.1, -0.05) is 24.3 Å². The van der Waals surface area contributed by atoms with Gasteiger partial charge in [-0.3, -0.25) is 4.68 Å². The fourth-order valence-corrected chi connectivity index (χ4v) is 6.33. The van der Waals surface area contributed by atoms with E-state index in [-0.39, 0.29) is 11.3 Å². The maximum absolute atomic E-state index is 9.51. The summed E-state index contributed by atoms with van der Waals surface area (Å²) < 4.78 is 3.89. The van der Waals surface area contributed by atoms with Crippen LogP contribution in [0.4, 0.5) is 5.69 Å². The SMILES string of the molecule is N#CC1CC2CCC(C1)N2c1cccn2ncc(-c3ccc(-c4cnn(CC5(C#N)CC5)c4)cc3)c12. The molecule has 1 aliphatic carbocycles. The first-order valence-corrected chi connectivity index (χ1v) is 12.9. The maximum Gasteiger partial charge on any atom is 0.0973 e. The third-order valence-electron chi connectivity index (χ3n) is 8.43. The molecule has 3 fully saturated rings. The van der Waals surface area contributed by atoms with Gasteiger partial charge in [-0.15, -0.1) is 0 Å². The second-order valence-corrected chi connectivity index (χ2v) is 10.7. The number of nitriles is 2. The van der Waals surface area contributed by atoms with Crippen molar-refractivity contribution in [1.82, 2.24) is 19.4 Å². The number of nitrogens with zero attached hydrogens (tertiary/aromatic N) is 7. The Morgan fingerprint density at radius 3 is 2.36 bits per heavy atom. The molecule has 2 atom stereocenters. The van der Waals surface area contributed by atoms with Crippen molar-refractivity contribution in [3.63, 3.8) is 0 Å². The number of rotatable bonds is 5. The van der Waals surface area contributed by atoms with E-state index in [0.29, 0.717) is 18.6 Å². The molecule has 2 unspecified atom stereocenters. The van der Waals surface area contributed by atoms with Crippen molar-refractivity contribution in [2.45, 2.75) is 57.2 Å². The van der Waals surface area contributed by atoms with Crippen LogP contribution in [0.15, 0.2) is 61.2 Å². The molecule has 3 aromatic heterocycles. The van der Waals surface area contributed by atoms with Crippen LogP contribution in [0.2, 0.25) is 0 Å². The van der Waals surface area contributed by atoms with Gasteiger partial charge in [0.15, 0.2) is 0 Å². The molecule has 2 saturated heterocycles. The number of benzene rings is 1. The highest BCUT2D eigenvalue weighted by molar-refractivity contribution is 5.91. The lowest BCUT2D eigenvalue weighted by atomic mass is 9.91. The summed E-state index contributed by atoms with van der Waals surface area (Å²) >= 11 is 0. The minimum Gasteiger partial charge on any atom is -0.364 e. The van der Waals surface area contributed by atoms with Gasteiger partial charge in [0.05, 0.1) is 53.6 Å². The largest absolute Gasteiger partial charge is 0.364 e. The van der Waals surface area contributed by atoms with Crippen molar-refractivity contribution in [2.75, 3.05) is 4.90 Å². The highest BCUT2D eigenvalue weighted by Crippen LogP contribution is 2.46. The van der Waals surface area contributed by atoms with E-state index in [0.717, 1.165) is 66.3 Å². The molecule has 5 heterocycles. The van der Waals surface area contributed by atoms with E-state index < -0.39 is 0 Å². The predicted molar refractivity (Wildman–Crippen MR) is 137 cm³/mol. The van der Waals surface area contributed by atoms with Gasteiger partial charge >= 0.3 is 0 Å². The Bertz CT molecular complexity index is 1510. The van der Waals surface area contributed by atoms with Gasteiger partial charge in [0.2, 0.25) is 0 Å². The summed E-state index contributed by atoms with van der Waals surface area (Å²) in [7, 11) is 0. The molecule has 36 heavy (non-hydrogen) atoms. The molecule has 178 valence electrons. The number of fused-ring (bicyclic) bond motifs is 3. The first-order valence-electron chi connectivity index (χ1n) is 12.9. The van der Waals surface area contributed by atoms with Gasteiger partial charge in [-0.2, -0.15) is 20.7 Å². The van der Waals surface area contributed by atoms with E-state index in [4.69, 9.17) is 0 Å². The summed E-state index contributed by atoms with van der Waals surface area (Å²) in [5.74, 6) is 0.175. The fourth-order valence-electron chi connectivity index (χ4n) is 6.33. The summed E-state index contributed by atoms with van der Waals surface area (Å²) in [6.07, 6.45) is 14.1. The molecule has 4 aromatic rings. The zero-order valence-electron chi connectivity index (χ0n) is 20.1. The Kier molecular flexibility index (Phi) is 4.69. The number of hydrogen-bond acceptors (Lipinski definition) is 5. The first-order chi connectivity index (χ1) is 17.7. The molecule has 3 aliphatic rings. The highest BCUT2D eigenvalue weighted by atomic mass is 15.3. The number of pyridine rings is 1. The molecule has 0 N–H and O–H groups in total. The number of anilines is 1. The number of piperidine rings is 1. The molecule has 0 radical (unpaired) electrons. The van der Waals surface area contributed by atoms with E-state index in [2.05, 4.69) is 63.6 Å². The van der Waals surface area contributed by atoms with E-state index >= 15 is 0 Å². The third-order valence-corrected chi connectivity index (χ3v) is 8.43. The normalized spacial score (nSPS) is 23.9. The smallest absolute Gasteiger partial charge is 0.0973 e. The molecule has 7 rings (SSSR count). The molecular formula is C29H27N7. The number of aromatic nitrogens is 4. The van der Waals surface area contributed by atoms with Gasteiger partial charge in [-0.25, -0.2) is 4.52 Å². The van der Waals surface area contributed by atoms with Crippen LogP contribution in [-0.4, -0.2) is 31.5 Å². The van der Waals surface area contributed by atoms with Crippen molar-refractivity contribution in [3.05, 3.63) is 61.2 Å².